The first-order valence-electron chi connectivity index (χ1n) is 5.71. The molecule has 0 fully saturated rings. The van der Waals surface area contributed by atoms with Gasteiger partial charge in [-0.05, 0) is 5.56 Å². The topological polar surface area (TPSA) is 16.1 Å². The predicted molar refractivity (Wildman–Crippen MR) is 71.4 cm³/mol. The van der Waals surface area contributed by atoms with Crippen LogP contribution in [0.25, 0.3) is 0 Å². The van der Waals surface area contributed by atoms with Crippen molar-refractivity contribution in [1.29, 1.82) is 0 Å². The van der Waals surface area contributed by atoms with Crippen LogP contribution >= 0.6 is 22.9 Å². The van der Waals surface area contributed by atoms with Gasteiger partial charge < -0.3 is 0 Å². The number of thiazole rings is 1. The van der Waals surface area contributed by atoms with Crippen LogP contribution < -0.4 is 0 Å². The summed E-state index contributed by atoms with van der Waals surface area (Å²) in [6.07, 6.45) is 1.02. The third-order valence-corrected chi connectivity index (χ3v) is 4.22. The monoisotopic (exact) mass is 264 g/mol. The molecular formula is C13H13ClN2S. The molecule has 0 aliphatic carbocycles. The lowest BCUT2D eigenvalue weighted by Gasteiger charge is -2.25. The maximum Gasteiger partial charge on any atom is 0.184 e. The third-order valence-electron chi connectivity index (χ3n) is 3.03. The van der Waals surface area contributed by atoms with Crippen molar-refractivity contribution in [2.24, 2.45) is 0 Å². The Labute approximate surface area is 110 Å². The molecule has 0 N–H and O–H groups in total. The van der Waals surface area contributed by atoms with Crippen LogP contribution in [0.2, 0.25) is 4.47 Å². The summed E-state index contributed by atoms with van der Waals surface area (Å²) in [4.78, 5) is 8.13. The van der Waals surface area contributed by atoms with E-state index in [1.807, 2.05) is 0 Å². The standard InChI is InChI=1S/C13H13ClN2S/c14-13-15-11-6-7-16(9-12(11)17-13)8-10-4-2-1-3-5-10/h1-5H,6-9H2. The Bertz CT molecular complexity index is 509. The lowest BCUT2D eigenvalue weighted by Crippen LogP contribution is -2.29. The molecular weight excluding hydrogens is 252 g/mol. The second-order valence-corrected chi connectivity index (χ2v) is 5.95. The lowest BCUT2D eigenvalue weighted by atomic mass is 10.1. The Morgan fingerprint density at radius 3 is 2.94 bits per heavy atom. The van der Waals surface area contributed by atoms with Gasteiger partial charge >= 0.3 is 0 Å². The average molecular weight is 265 g/mol. The van der Waals surface area contributed by atoms with E-state index >= 15 is 0 Å². The summed E-state index contributed by atoms with van der Waals surface area (Å²) in [6, 6.07) is 10.6. The van der Waals surface area contributed by atoms with Crippen molar-refractivity contribution < 1.29 is 0 Å². The SMILES string of the molecule is Clc1nc2c(s1)CN(Cc1ccccc1)CC2. The van der Waals surface area contributed by atoms with Gasteiger partial charge in [-0.25, -0.2) is 4.98 Å². The summed E-state index contributed by atoms with van der Waals surface area (Å²) in [5.74, 6) is 0. The molecule has 0 saturated heterocycles. The number of nitrogens with zero attached hydrogens (tertiary/aromatic N) is 2. The molecule has 1 aliphatic heterocycles. The van der Waals surface area contributed by atoms with Gasteiger partial charge in [0.1, 0.15) is 0 Å². The zero-order chi connectivity index (χ0) is 11.7. The van der Waals surface area contributed by atoms with Crippen LogP contribution in [-0.4, -0.2) is 16.4 Å². The molecule has 3 rings (SSSR count). The molecule has 0 spiro atoms. The predicted octanol–water partition coefficient (Wildman–Crippen LogP) is 3.35. The van der Waals surface area contributed by atoms with Crippen molar-refractivity contribution in [3.05, 3.63) is 50.9 Å². The summed E-state index contributed by atoms with van der Waals surface area (Å²) < 4.78 is 0.677. The highest BCUT2D eigenvalue weighted by Crippen LogP contribution is 2.28. The zero-order valence-corrected chi connectivity index (χ0v) is 11.0. The van der Waals surface area contributed by atoms with Crippen LogP contribution in [0.4, 0.5) is 0 Å². The van der Waals surface area contributed by atoms with Gasteiger partial charge in [-0.2, -0.15) is 0 Å². The summed E-state index contributed by atoms with van der Waals surface area (Å²) in [7, 11) is 0. The normalized spacial score (nSPS) is 15.8. The molecule has 1 aliphatic rings. The Balaban J connectivity index is 1.72. The van der Waals surface area contributed by atoms with E-state index < -0.39 is 0 Å². The van der Waals surface area contributed by atoms with Crippen molar-refractivity contribution in [3.63, 3.8) is 0 Å². The lowest BCUT2D eigenvalue weighted by molar-refractivity contribution is 0.247. The smallest absolute Gasteiger partial charge is 0.184 e. The molecule has 0 radical (unpaired) electrons. The molecule has 2 nitrogen and oxygen atoms in total. The van der Waals surface area contributed by atoms with E-state index in [9.17, 15) is 0 Å². The fourth-order valence-electron chi connectivity index (χ4n) is 2.19. The van der Waals surface area contributed by atoms with Gasteiger partial charge in [-0.15, -0.1) is 11.3 Å². The van der Waals surface area contributed by atoms with E-state index in [2.05, 4.69) is 40.2 Å². The number of halogens is 1. The summed E-state index contributed by atoms with van der Waals surface area (Å²) >= 11 is 7.56. The van der Waals surface area contributed by atoms with E-state index in [1.54, 1.807) is 11.3 Å². The largest absolute Gasteiger partial charge is 0.294 e. The van der Waals surface area contributed by atoms with Gasteiger partial charge in [0.15, 0.2) is 4.47 Å². The van der Waals surface area contributed by atoms with Crippen molar-refractivity contribution in [2.75, 3.05) is 6.54 Å². The first-order chi connectivity index (χ1) is 8.31. The van der Waals surface area contributed by atoms with Gasteiger partial charge in [-0.3, -0.25) is 4.90 Å². The van der Waals surface area contributed by atoms with Crippen LogP contribution in [0.5, 0.6) is 0 Å². The third kappa shape index (κ3) is 2.51. The Kier molecular flexibility index (Phi) is 3.14. The number of hydrogen-bond donors (Lipinski definition) is 0. The highest BCUT2D eigenvalue weighted by atomic mass is 35.5. The first-order valence-corrected chi connectivity index (χ1v) is 6.91. The van der Waals surface area contributed by atoms with Crippen LogP contribution in [-0.2, 0) is 19.5 Å². The molecule has 0 amide bonds. The van der Waals surface area contributed by atoms with E-state index in [1.165, 1.54) is 16.1 Å². The van der Waals surface area contributed by atoms with Crippen LogP contribution in [0, 0.1) is 0 Å². The molecule has 0 saturated carbocycles. The van der Waals surface area contributed by atoms with E-state index in [4.69, 9.17) is 11.6 Å². The minimum atomic E-state index is 0.677. The van der Waals surface area contributed by atoms with Crippen LogP contribution in [0.15, 0.2) is 30.3 Å². The summed E-state index contributed by atoms with van der Waals surface area (Å²) in [6.45, 7) is 3.06. The maximum atomic E-state index is 5.95. The minimum absolute atomic E-state index is 0.677. The van der Waals surface area contributed by atoms with E-state index in [-0.39, 0.29) is 0 Å². The van der Waals surface area contributed by atoms with Gasteiger partial charge in [0, 0.05) is 30.9 Å². The second kappa shape index (κ2) is 4.77. The van der Waals surface area contributed by atoms with E-state index in [0.717, 1.165) is 26.1 Å². The molecule has 2 heterocycles. The summed E-state index contributed by atoms with van der Waals surface area (Å²) in [5.41, 5.74) is 2.57. The molecule has 1 aromatic heterocycles. The molecule has 88 valence electrons. The number of rotatable bonds is 2. The highest BCUT2D eigenvalue weighted by Gasteiger charge is 2.20. The van der Waals surface area contributed by atoms with Crippen molar-refractivity contribution in [1.82, 2.24) is 9.88 Å². The fraction of sp³-hybridized carbons (Fsp3) is 0.308. The van der Waals surface area contributed by atoms with E-state index in [0.29, 0.717) is 4.47 Å². The Morgan fingerprint density at radius 2 is 2.12 bits per heavy atom. The molecule has 0 atom stereocenters. The van der Waals surface area contributed by atoms with Crippen LogP contribution in [0.1, 0.15) is 16.1 Å². The highest BCUT2D eigenvalue weighted by molar-refractivity contribution is 7.15. The first kappa shape index (κ1) is 11.2. The fourth-order valence-corrected chi connectivity index (χ4v) is 3.45. The molecule has 17 heavy (non-hydrogen) atoms. The molecule has 2 aromatic rings. The van der Waals surface area contributed by atoms with Crippen molar-refractivity contribution >= 4 is 22.9 Å². The van der Waals surface area contributed by atoms with Crippen molar-refractivity contribution in [2.45, 2.75) is 19.5 Å². The molecule has 1 aromatic carbocycles. The number of benzene rings is 1. The number of hydrogen-bond acceptors (Lipinski definition) is 3. The molecule has 4 heteroatoms. The number of fused-ring (bicyclic) bond motifs is 1. The van der Waals surface area contributed by atoms with Gasteiger partial charge in [0.2, 0.25) is 0 Å². The summed E-state index contributed by atoms with van der Waals surface area (Å²) in [5, 5.41) is 0. The maximum absolute atomic E-state index is 5.95. The minimum Gasteiger partial charge on any atom is -0.294 e. The van der Waals surface area contributed by atoms with Gasteiger partial charge in [0.05, 0.1) is 5.69 Å². The van der Waals surface area contributed by atoms with Gasteiger partial charge in [0.25, 0.3) is 0 Å². The Morgan fingerprint density at radius 1 is 1.29 bits per heavy atom. The zero-order valence-electron chi connectivity index (χ0n) is 9.40. The second-order valence-electron chi connectivity index (χ2n) is 4.28. The molecule has 0 bridgehead atoms. The molecule has 0 unspecified atom stereocenters. The average Bonchev–Trinajstić information content (AvgIpc) is 2.70. The quantitative estimate of drug-likeness (QED) is 0.827. The Hall–Kier alpha value is -0.900. The van der Waals surface area contributed by atoms with Gasteiger partial charge in [-0.1, -0.05) is 41.9 Å². The van der Waals surface area contributed by atoms with Crippen LogP contribution in [0.3, 0.4) is 0 Å². The van der Waals surface area contributed by atoms with Crippen molar-refractivity contribution in [3.8, 4) is 0 Å². The number of aromatic nitrogens is 1.